The van der Waals surface area contributed by atoms with Crippen LogP contribution in [0.4, 0.5) is 0 Å². The summed E-state index contributed by atoms with van der Waals surface area (Å²) in [6.45, 7) is 5.11. The molecule has 3 nitrogen and oxygen atoms in total. The lowest BCUT2D eigenvalue weighted by Crippen LogP contribution is -2.45. The molecular weight excluding hydrogens is 178 g/mol. The third-order valence-corrected chi connectivity index (χ3v) is 3.52. The monoisotopic (exact) mass is 199 g/mol. The fraction of sp³-hybridized carbons (Fsp3) is 1.00. The maximum absolute atomic E-state index is 9.16. The smallest absolute Gasteiger partial charge is 0.0546 e. The van der Waals surface area contributed by atoms with E-state index >= 15 is 0 Å². The molecule has 1 saturated heterocycles. The molecular formula is C11H21NO2. The minimum absolute atomic E-state index is 0.0195. The molecule has 14 heavy (non-hydrogen) atoms. The van der Waals surface area contributed by atoms with Gasteiger partial charge in [0.1, 0.15) is 0 Å². The highest BCUT2D eigenvalue weighted by Crippen LogP contribution is 2.26. The quantitative estimate of drug-likeness (QED) is 0.705. The summed E-state index contributed by atoms with van der Waals surface area (Å²) in [7, 11) is 0. The molecule has 0 spiro atoms. The van der Waals surface area contributed by atoms with Gasteiger partial charge in [-0.3, -0.25) is 0 Å². The van der Waals surface area contributed by atoms with Gasteiger partial charge in [-0.05, 0) is 37.6 Å². The van der Waals surface area contributed by atoms with Gasteiger partial charge in [0, 0.05) is 12.6 Å². The van der Waals surface area contributed by atoms with E-state index in [9.17, 15) is 0 Å². The van der Waals surface area contributed by atoms with Crippen LogP contribution >= 0.6 is 0 Å². The van der Waals surface area contributed by atoms with Crippen molar-refractivity contribution in [2.24, 2.45) is 11.8 Å². The molecule has 0 aromatic carbocycles. The summed E-state index contributed by atoms with van der Waals surface area (Å²) in [5.41, 5.74) is 0. The number of hydrogen-bond acceptors (Lipinski definition) is 3. The molecule has 0 amide bonds. The van der Waals surface area contributed by atoms with Crippen LogP contribution in [-0.4, -0.2) is 37.0 Å². The van der Waals surface area contributed by atoms with E-state index in [-0.39, 0.29) is 6.10 Å². The van der Waals surface area contributed by atoms with E-state index in [0.717, 1.165) is 39.0 Å². The van der Waals surface area contributed by atoms with E-state index in [2.05, 4.69) is 12.2 Å². The van der Waals surface area contributed by atoms with E-state index in [4.69, 9.17) is 9.84 Å². The van der Waals surface area contributed by atoms with Crippen LogP contribution in [0.3, 0.4) is 0 Å². The Balaban J connectivity index is 1.64. The molecule has 82 valence electrons. The molecule has 2 rings (SSSR count). The zero-order chi connectivity index (χ0) is 9.97. The molecule has 2 aliphatic rings. The average molecular weight is 199 g/mol. The molecule has 2 atom stereocenters. The van der Waals surface area contributed by atoms with Crippen LogP contribution in [0.5, 0.6) is 0 Å². The first-order chi connectivity index (χ1) is 6.75. The number of aliphatic hydroxyl groups is 1. The van der Waals surface area contributed by atoms with Crippen LogP contribution in [0.2, 0.25) is 0 Å². The fourth-order valence-corrected chi connectivity index (χ4v) is 2.37. The molecule has 0 radical (unpaired) electrons. The Labute approximate surface area is 85.8 Å². The highest BCUT2D eigenvalue weighted by molar-refractivity contribution is 4.83. The lowest BCUT2D eigenvalue weighted by atomic mass is 9.82. The maximum Gasteiger partial charge on any atom is 0.0546 e. The molecule has 1 saturated carbocycles. The van der Waals surface area contributed by atoms with Crippen molar-refractivity contribution in [1.82, 2.24) is 5.32 Å². The normalized spacial score (nSPS) is 43.3. The van der Waals surface area contributed by atoms with Crippen molar-refractivity contribution in [3.63, 3.8) is 0 Å². The van der Waals surface area contributed by atoms with Crippen LogP contribution in [-0.2, 0) is 4.74 Å². The molecule has 2 fully saturated rings. The summed E-state index contributed by atoms with van der Waals surface area (Å²) in [5.74, 6) is 1.34. The lowest BCUT2D eigenvalue weighted by molar-refractivity contribution is 0.0218. The van der Waals surface area contributed by atoms with Gasteiger partial charge >= 0.3 is 0 Å². The standard InChI is InChI=1S/C11H21NO2/c1-8-7-14-3-2-11(8)12-6-9-4-10(13)5-9/h8-13H,2-7H2,1H3. The van der Waals surface area contributed by atoms with Crippen LogP contribution < -0.4 is 5.32 Å². The SMILES string of the molecule is CC1COCCC1NCC1CC(O)C1. The zero-order valence-electron chi connectivity index (χ0n) is 8.91. The molecule has 2 N–H and O–H groups in total. The summed E-state index contributed by atoms with van der Waals surface area (Å²) in [4.78, 5) is 0. The molecule has 1 heterocycles. The van der Waals surface area contributed by atoms with Gasteiger partial charge in [0.05, 0.1) is 12.7 Å². The topological polar surface area (TPSA) is 41.5 Å². The third-order valence-electron chi connectivity index (χ3n) is 3.52. The van der Waals surface area contributed by atoms with E-state index < -0.39 is 0 Å². The van der Waals surface area contributed by atoms with Crippen molar-refractivity contribution in [1.29, 1.82) is 0 Å². The molecule has 0 bridgehead atoms. The summed E-state index contributed by atoms with van der Waals surface area (Å²) in [5, 5.41) is 12.8. The van der Waals surface area contributed by atoms with E-state index in [1.54, 1.807) is 0 Å². The Kier molecular flexibility index (Phi) is 3.42. The second-order valence-electron chi connectivity index (χ2n) is 4.85. The predicted molar refractivity (Wildman–Crippen MR) is 55.1 cm³/mol. The van der Waals surface area contributed by atoms with Gasteiger partial charge in [-0.15, -0.1) is 0 Å². The molecule has 0 aromatic heterocycles. The van der Waals surface area contributed by atoms with Crippen LogP contribution in [0.15, 0.2) is 0 Å². The van der Waals surface area contributed by atoms with Gasteiger partial charge in [-0.1, -0.05) is 6.92 Å². The molecule has 1 aliphatic heterocycles. The molecule has 0 aromatic rings. The van der Waals surface area contributed by atoms with Crippen molar-refractivity contribution < 1.29 is 9.84 Å². The van der Waals surface area contributed by atoms with Crippen LogP contribution in [0.25, 0.3) is 0 Å². The minimum atomic E-state index is -0.0195. The van der Waals surface area contributed by atoms with Gasteiger partial charge < -0.3 is 15.2 Å². The number of rotatable bonds is 3. The van der Waals surface area contributed by atoms with E-state index in [0.29, 0.717) is 17.9 Å². The first-order valence-corrected chi connectivity index (χ1v) is 5.75. The first kappa shape index (κ1) is 10.4. The number of nitrogens with one attached hydrogen (secondary N) is 1. The van der Waals surface area contributed by atoms with Gasteiger partial charge in [0.15, 0.2) is 0 Å². The second kappa shape index (κ2) is 4.60. The Hall–Kier alpha value is -0.120. The van der Waals surface area contributed by atoms with Crippen molar-refractivity contribution >= 4 is 0 Å². The largest absolute Gasteiger partial charge is 0.393 e. The van der Waals surface area contributed by atoms with Gasteiger partial charge in [0.2, 0.25) is 0 Å². The Morgan fingerprint density at radius 1 is 1.43 bits per heavy atom. The van der Waals surface area contributed by atoms with Gasteiger partial charge in [0.25, 0.3) is 0 Å². The van der Waals surface area contributed by atoms with Crippen molar-refractivity contribution in [3.8, 4) is 0 Å². The molecule has 1 aliphatic carbocycles. The highest BCUT2D eigenvalue weighted by Gasteiger charge is 2.28. The average Bonchev–Trinajstić information content (AvgIpc) is 2.13. The Morgan fingerprint density at radius 2 is 2.21 bits per heavy atom. The number of ether oxygens (including phenoxy) is 1. The van der Waals surface area contributed by atoms with Crippen LogP contribution in [0.1, 0.15) is 26.2 Å². The van der Waals surface area contributed by atoms with Gasteiger partial charge in [-0.2, -0.15) is 0 Å². The Bertz CT molecular complexity index is 180. The minimum Gasteiger partial charge on any atom is -0.393 e. The number of hydrogen-bond donors (Lipinski definition) is 2. The van der Waals surface area contributed by atoms with Crippen molar-refractivity contribution in [2.45, 2.75) is 38.3 Å². The summed E-state index contributed by atoms with van der Waals surface area (Å²) in [6, 6.07) is 0.626. The number of aliphatic hydroxyl groups excluding tert-OH is 1. The van der Waals surface area contributed by atoms with Crippen molar-refractivity contribution in [2.75, 3.05) is 19.8 Å². The first-order valence-electron chi connectivity index (χ1n) is 5.75. The van der Waals surface area contributed by atoms with E-state index in [1.807, 2.05) is 0 Å². The summed E-state index contributed by atoms with van der Waals surface area (Å²) < 4.78 is 5.40. The lowest BCUT2D eigenvalue weighted by Gasteiger charge is -2.35. The molecule has 2 unspecified atom stereocenters. The zero-order valence-corrected chi connectivity index (χ0v) is 8.91. The van der Waals surface area contributed by atoms with E-state index in [1.165, 1.54) is 0 Å². The molecule has 3 heteroatoms. The Morgan fingerprint density at radius 3 is 2.86 bits per heavy atom. The van der Waals surface area contributed by atoms with Gasteiger partial charge in [-0.25, -0.2) is 0 Å². The fourth-order valence-electron chi connectivity index (χ4n) is 2.37. The second-order valence-corrected chi connectivity index (χ2v) is 4.85. The van der Waals surface area contributed by atoms with Crippen molar-refractivity contribution in [3.05, 3.63) is 0 Å². The highest BCUT2D eigenvalue weighted by atomic mass is 16.5. The summed E-state index contributed by atoms with van der Waals surface area (Å²) >= 11 is 0. The summed E-state index contributed by atoms with van der Waals surface area (Å²) in [6.07, 6.45) is 3.10. The van der Waals surface area contributed by atoms with Crippen LogP contribution in [0, 0.1) is 11.8 Å². The maximum atomic E-state index is 9.16. The third kappa shape index (κ3) is 2.47. The predicted octanol–water partition coefficient (Wildman–Crippen LogP) is 0.772.